The molecule has 7 rings (SSSR count). The molecule has 6 nitrogen and oxygen atoms in total. The third kappa shape index (κ3) is 3.26. The number of hydrogen-bond donors (Lipinski definition) is 2. The van der Waals surface area contributed by atoms with Crippen molar-refractivity contribution in [1.29, 1.82) is 0 Å². The highest BCUT2D eigenvalue weighted by Crippen LogP contribution is 2.81. The van der Waals surface area contributed by atoms with E-state index in [0.717, 1.165) is 29.9 Å². The number of benzene rings is 1. The number of hydrogen-bond acceptors (Lipinski definition) is 3. The molecule has 3 bridgehead atoms. The molecule has 1 aromatic carbocycles. The average molecular weight is 484 g/mol. The first-order valence-electron chi connectivity index (χ1n) is 13.5. The van der Waals surface area contributed by atoms with Crippen LogP contribution in [0.2, 0.25) is 0 Å². The summed E-state index contributed by atoms with van der Waals surface area (Å²) in [6.07, 6.45) is 10.6. The molecule has 4 saturated carbocycles. The Morgan fingerprint density at radius 1 is 1.03 bits per heavy atom. The Morgan fingerprint density at radius 3 is 2.69 bits per heavy atom. The van der Waals surface area contributed by atoms with Crippen LogP contribution in [0.15, 0.2) is 54.7 Å². The summed E-state index contributed by atoms with van der Waals surface area (Å²) in [7, 11) is 0. The molecule has 2 aromatic heterocycles. The van der Waals surface area contributed by atoms with Crippen molar-refractivity contribution in [2.45, 2.75) is 57.3 Å². The quantitative estimate of drug-likeness (QED) is 0.468. The maximum absolute atomic E-state index is 13.5. The fourth-order valence-corrected chi connectivity index (χ4v) is 9.04. The second-order valence-electron chi connectivity index (χ2n) is 12.1. The molecule has 0 saturated heterocycles. The molecule has 1 spiro atoms. The molecule has 0 aliphatic heterocycles. The lowest BCUT2D eigenvalue weighted by atomic mass is 9.46. The molecule has 6 unspecified atom stereocenters. The number of nitrogens with one attached hydrogen (secondary N) is 1. The molecule has 6 heteroatoms. The molecule has 4 fully saturated rings. The second-order valence-corrected chi connectivity index (χ2v) is 12.1. The van der Waals surface area contributed by atoms with Gasteiger partial charge in [-0.05, 0) is 91.2 Å². The minimum absolute atomic E-state index is 0.00572. The van der Waals surface area contributed by atoms with Crippen LogP contribution < -0.4 is 5.32 Å². The summed E-state index contributed by atoms with van der Waals surface area (Å²) in [5, 5.41) is 12.9. The summed E-state index contributed by atoms with van der Waals surface area (Å²) in [6.45, 7) is 0.777. The van der Waals surface area contributed by atoms with E-state index in [2.05, 4.69) is 5.32 Å². The van der Waals surface area contributed by atoms with Gasteiger partial charge in [-0.1, -0.05) is 36.4 Å². The van der Waals surface area contributed by atoms with Crippen LogP contribution in [0.5, 0.6) is 0 Å². The van der Waals surface area contributed by atoms with Gasteiger partial charge in [0.2, 0.25) is 0 Å². The molecule has 3 aromatic rings. The van der Waals surface area contributed by atoms with Crippen molar-refractivity contribution in [1.82, 2.24) is 14.7 Å². The Balaban J connectivity index is 1.13. The highest BCUT2D eigenvalue weighted by molar-refractivity contribution is 5.93. The number of carbonyl (C=O) groups is 2. The Morgan fingerprint density at radius 2 is 1.86 bits per heavy atom. The van der Waals surface area contributed by atoms with Crippen LogP contribution in [-0.4, -0.2) is 32.9 Å². The monoisotopic (exact) mass is 483 g/mol. The Hall–Kier alpha value is -3.15. The van der Waals surface area contributed by atoms with Crippen molar-refractivity contribution < 1.29 is 14.7 Å². The molecule has 186 valence electrons. The van der Waals surface area contributed by atoms with Crippen LogP contribution in [-0.2, 0) is 11.2 Å². The molecule has 4 aliphatic carbocycles. The number of nitrogens with zero attached hydrogens (tertiary/aromatic N) is 2. The average Bonchev–Trinajstić information content (AvgIpc) is 3.44. The number of aromatic nitrogens is 2. The number of fused-ring (bicyclic) bond motifs is 3. The van der Waals surface area contributed by atoms with Crippen molar-refractivity contribution in [3.05, 3.63) is 71.7 Å². The van der Waals surface area contributed by atoms with Crippen LogP contribution >= 0.6 is 0 Å². The van der Waals surface area contributed by atoms with E-state index in [1.54, 1.807) is 0 Å². The zero-order chi connectivity index (χ0) is 24.5. The molecule has 2 heterocycles. The highest BCUT2D eigenvalue weighted by atomic mass is 16.4. The van der Waals surface area contributed by atoms with Gasteiger partial charge >= 0.3 is 5.97 Å². The first-order chi connectivity index (χ1) is 17.4. The van der Waals surface area contributed by atoms with Gasteiger partial charge in [-0.2, -0.15) is 0 Å². The third-order valence-corrected chi connectivity index (χ3v) is 10.2. The fraction of sp³-hybridized carbons (Fsp3) is 0.500. The van der Waals surface area contributed by atoms with Gasteiger partial charge in [-0.3, -0.25) is 14.0 Å². The van der Waals surface area contributed by atoms with Crippen molar-refractivity contribution in [2.75, 3.05) is 6.54 Å². The lowest BCUT2D eigenvalue weighted by Crippen LogP contribution is -2.57. The molecular formula is C30H33N3O3. The third-order valence-electron chi connectivity index (χ3n) is 10.2. The minimum Gasteiger partial charge on any atom is -0.481 e. The van der Waals surface area contributed by atoms with Gasteiger partial charge in [0, 0.05) is 18.7 Å². The normalized spacial score (nSPS) is 32.3. The maximum Gasteiger partial charge on any atom is 0.304 e. The van der Waals surface area contributed by atoms with Crippen LogP contribution in [0, 0.1) is 28.6 Å². The summed E-state index contributed by atoms with van der Waals surface area (Å²) in [6, 6.07) is 15.5. The lowest BCUT2D eigenvalue weighted by Gasteiger charge is -2.59. The zero-order valence-electron chi connectivity index (χ0n) is 20.5. The topological polar surface area (TPSA) is 83.7 Å². The number of rotatable bonds is 8. The van der Waals surface area contributed by atoms with Gasteiger partial charge in [0.25, 0.3) is 5.91 Å². The molecule has 4 aliphatic rings. The van der Waals surface area contributed by atoms with E-state index >= 15 is 0 Å². The number of carboxylic acids is 1. The van der Waals surface area contributed by atoms with Crippen LogP contribution in [0.3, 0.4) is 0 Å². The van der Waals surface area contributed by atoms with Gasteiger partial charge < -0.3 is 10.4 Å². The highest BCUT2D eigenvalue weighted by Gasteiger charge is 2.73. The Bertz CT molecular complexity index is 1340. The molecule has 1 amide bonds. The first-order valence-corrected chi connectivity index (χ1v) is 13.5. The van der Waals surface area contributed by atoms with Crippen molar-refractivity contribution in [2.24, 2.45) is 28.6 Å². The van der Waals surface area contributed by atoms with Gasteiger partial charge in [0.1, 0.15) is 11.3 Å². The summed E-state index contributed by atoms with van der Waals surface area (Å²) in [4.78, 5) is 29.9. The molecule has 36 heavy (non-hydrogen) atoms. The van der Waals surface area contributed by atoms with E-state index in [1.165, 1.54) is 38.5 Å². The standard InChI is InChI=1S/C30H33N3O3/c34-27(35)12-22(10-19-5-2-1-3-6-19)24-17-33-25(7-4-8-26(33)32-24)28(36)31-18-29-13-21-9-20-11-23(16-29)30(29,14-20)15-21/h1-8,17,20-23H,9-16,18H2,(H,31,36)(H,34,35). The largest absolute Gasteiger partial charge is 0.481 e. The molecule has 6 atom stereocenters. The van der Waals surface area contributed by atoms with Crippen LogP contribution in [0.25, 0.3) is 5.65 Å². The van der Waals surface area contributed by atoms with Gasteiger partial charge in [-0.25, -0.2) is 4.98 Å². The number of amides is 1. The van der Waals surface area contributed by atoms with E-state index in [1.807, 2.05) is 59.1 Å². The fourth-order valence-electron chi connectivity index (χ4n) is 9.04. The van der Waals surface area contributed by atoms with Crippen LogP contribution in [0.4, 0.5) is 0 Å². The molecule has 0 radical (unpaired) electrons. The van der Waals surface area contributed by atoms with E-state index in [0.29, 0.717) is 34.3 Å². The van der Waals surface area contributed by atoms with Crippen molar-refractivity contribution in [3.8, 4) is 0 Å². The molecular weight excluding hydrogens is 450 g/mol. The first kappa shape index (κ1) is 22.1. The lowest BCUT2D eigenvalue weighted by molar-refractivity contribution is -0.137. The van der Waals surface area contributed by atoms with Gasteiger partial charge in [0.05, 0.1) is 12.1 Å². The smallest absolute Gasteiger partial charge is 0.304 e. The Kier molecular flexibility index (Phi) is 4.86. The van der Waals surface area contributed by atoms with E-state index in [4.69, 9.17) is 4.98 Å². The van der Waals surface area contributed by atoms with E-state index in [9.17, 15) is 14.7 Å². The predicted molar refractivity (Wildman–Crippen MR) is 136 cm³/mol. The SMILES string of the molecule is O=C(O)CC(Cc1ccccc1)c1cn2c(C(=O)NCC34CC5CC6CC(C3)C4(C6)C5)cccc2n1. The predicted octanol–water partition coefficient (Wildman–Crippen LogP) is 5.08. The van der Waals surface area contributed by atoms with Crippen LogP contribution in [0.1, 0.15) is 72.6 Å². The Labute approximate surface area is 211 Å². The summed E-state index contributed by atoms with van der Waals surface area (Å²) in [5.41, 5.74) is 3.84. The van der Waals surface area contributed by atoms with Gasteiger partial charge in [-0.15, -0.1) is 0 Å². The van der Waals surface area contributed by atoms with E-state index in [-0.39, 0.29) is 18.2 Å². The summed E-state index contributed by atoms with van der Waals surface area (Å²) < 4.78 is 1.84. The summed E-state index contributed by atoms with van der Waals surface area (Å²) >= 11 is 0. The number of aliphatic carboxylic acids is 1. The number of carbonyl (C=O) groups excluding carboxylic acids is 1. The van der Waals surface area contributed by atoms with E-state index < -0.39 is 5.97 Å². The van der Waals surface area contributed by atoms with Crippen molar-refractivity contribution in [3.63, 3.8) is 0 Å². The number of imidazole rings is 1. The second kappa shape index (κ2) is 7.92. The zero-order valence-corrected chi connectivity index (χ0v) is 20.5. The van der Waals surface area contributed by atoms with Crippen molar-refractivity contribution >= 4 is 17.5 Å². The minimum atomic E-state index is -0.848. The van der Waals surface area contributed by atoms with Gasteiger partial charge in [0.15, 0.2) is 0 Å². The maximum atomic E-state index is 13.5. The number of pyridine rings is 1. The summed E-state index contributed by atoms with van der Waals surface area (Å²) in [5.74, 6) is 1.51. The molecule has 2 N–H and O–H groups in total. The number of carboxylic acid groups (broad SMARTS) is 1.